The molecule has 0 fully saturated rings. The molecule has 1 heterocycles. The van der Waals surface area contributed by atoms with E-state index in [1.54, 1.807) is 0 Å². The summed E-state index contributed by atoms with van der Waals surface area (Å²) >= 11 is 0. The second-order valence-corrected chi connectivity index (χ2v) is 3.19. The first-order valence-corrected chi connectivity index (χ1v) is 4.54. The van der Waals surface area contributed by atoms with Crippen molar-refractivity contribution in [2.75, 3.05) is 0 Å². The number of H-pyrrole nitrogens is 1. The molecule has 0 unspecified atom stereocenters. The highest BCUT2D eigenvalue weighted by Crippen LogP contribution is 2.39. The number of nitrogens with one attached hydrogen (secondary N) is 1. The summed E-state index contributed by atoms with van der Waals surface area (Å²) in [6.07, 6.45) is -2.16. The van der Waals surface area contributed by atoms with Crippen molar-refractivity contribution in [2.24, 2.45) is 0 Å². The number of benzene rings is 1. The number of rotatable bonds is 2. The van der Waals surface area contributed by atoms with E-state index in [0.29, 0.717) is 5.56 Å². The number of alkyl halides is 3. The van der Waals surface area contributed by atoms with Crippen LogP contribution in [0.2, 0.25) is 0 Å². The maximum absolute atomic E-state index is 12.2. The largest absolute Gasteiger partial charge is 0.573 e. The second-order valence-electron chi connectivity index (χ2n) is 3.19. The van der Waals surface area contributed by atoms with Crippen LogP contribution >= 0.6 is 0 Å². The third-order valence-electron chi connectivity index (χ3n) is 2.02. The Kier molecular flexibility index (Phi) is 2.66. The van der Waals surface area contributed by atoms with Crippen LogP contribution in [0.15, 0.2) is 30.6 Å². The Bertz CT molecular complexity index is 509. The second kappa shape index (κ2) is 4.00. The molecule has 4 nitrogen and oxygen atoms in total. The minimum Gasteiger partial charge on any atom is -0.507 e. The molecule has 1 aromatic carbocycles. The zero-order valence-electron chi connectivity index (χ0n) is 8.32. The van der Waals surface area contributed by atoms with Gasteiger partial charge in [0, 0.05) is 11.8 Å². The first-order chi connectivity index (χ1) is 7.97. The molecule has 0 bridgehead atoms. The molecule has 0 atom stereocenters. The molecule has 0 spiro atoms. The molecule has 0 saturated heterocycles. The minimum atomic E-state index is -4.81. The van der Waals surface area contributed by atoms with Crippen molar-refractivity contribution in [3.8, 4) is 22.6 Å². The standard InChI is InChI=1S/C10H7F3N2O2/c11-10(12,13)17-8-3-1-2-7(16)9(8)6-4-14-15-5-6/h1-5,16H,(H,14,15). The maximum atomic E-state index is 12.2. The van der Waals surface area contributed by atoms with Gasteiger partial charge in [-0.25, -0.2) is 0 Å². The predicted octanol–water partition coefficient (Wildman–Crippen LogP) is 2.68. The molecule has 0 amide bonds. The summed E-state index contributed by atoms with van der Waals surface area (Å²) in [5, 5.41) is 15.6. The normalized spacial score (nSPS) is 11.5. The van der Waals surface area contributed by atoms with Crippen molar-refractivity contribution in [1.82, 2.24) is 10.2 Å². The van der Waals surface area contributed by atoms with Gasteiger partial charge in [0.2, 0.25) is 0 Å². The van der Waals surface area contributed by atoms with Crippen molar-refractivity contribution >= 4 is 0 Å². The van der Waals surface area contributed by atoms with E-state index in [2.05, 4.69) is 14.9 Å². The predicted molar refractivity (Wildman–Crippen MR) is 52.4 cm³/mol. The number of aromatic nitrogens is 2. The number of ether oxygens (including phenoxy) is 1. The Morgan fingerprint density at radius 3 is 2.65 bits per heavy atom. The van der Waals surface area contributed by atoms with E-state index < -0.39 is 12.1 Å². The fourth-order valence-electron chi connectivity index (χ4n) is 1.41. The molecule has 0 radical (unpaired) electrons. The molecule has 7 heteroatoms. The van der Waals surface area contributed by atoms with Gasteiger partial charge in [-0.15, -0.1) is 13.2 Å². The van der Waals surface area contributed by atoms with E-state index in [0.717, 1.165) is 6.07 Å². The van der Waals surface area contributed by atoms with Gasteiger partial charge in [-0.3, -0.25) is 5.10 Å². The van der Waals surface area contributed by atoms with Crippen molar-refractivity contribution in [2.45, 2.75) is 6.36 Å². The Balaban J connectivity index is 2.49. The maximum Gasteiger partial charge on any atom is 0.573 e. The smallest absolute Gasteiger partial charge is 0.507 e. The summed E-state index contributed by atoms with van der Waals surface area (Å²) in [5.74, 6) is -0.785. The van der Waals surface area contributed by atoms with Crippen molar-refractivity contribution in [1.29, 1.82) is 0 Å². The molecule has 17 heavy (non-hydrogen) atoms. The molecule has 2 N–H and O–H groups in total. The van der Waals surface area contributed by atoms with Gasteiger partial charge in [0.1, 0.15) is 11.5 Å². The van der Waals surface area contributed by atoms with Crippen LogP contribution in [0.5, 0.6) is 11.5 Å². The van der Waals surface area contributed by atoms with Gasteiger partial charge < -0.3 is 9.84 Å². The molecular weight excluding hydrogens is 237 g/mol. The van der Waals surface area contributed by atoms with Crippen LogP contribution in [-0.2, 0) is 0 Å². The van der Waals surface area contributed by atoms with Crippen LogP contribution in [0.25, 0.3) is 11.1 Å². The summed E-state index contributed by atoms with van der Waals surface area (Å²) < 4.78 is 40.3. The van der Waals surface area contributed by atoms with Crippen LogP contribution in [0.4, 0.5) is 13.2 Å². The number of aromatic amines is 1. The molecular formula is C10H7F3N2O2. The van der Waals surface area contributed by atoms with Crippen LogP contribution in [0, 0.1) is 0 Å². The summed E-state index contributed by atoms with van der Waals surface area (Å²) in [6.45, 7) is 0. The zero-order chi connectivity index (χ0) is 12.5. The number of hydrogen-bond donors (Lipinski definition) is 2. The van der Waals surface area contributed by atoms with Crippen molar-refractivity contribution in [3.05, 3.63) is 30.6 Å². The highest BCUT2D eigenvalue weighted by molar-refractivity contribution is 5.75. The number of aromatic hydroxyl groups is 1. The van der Waals surface area contributed by atoms with E-state index in [4.69, 9.17) is 0 Å². The quantitative estimate of drug-likeness (QED) is 0.853. The Labute approximate surface area is 93.7 Å². The first kappa shape index (κ1) is 11.3. The number of nitrogens with zero attached hydrogens (tertiary/aromatic N) is 1. The van der Waals surface area contributed by atoms with Crippen LogP contribution < -0.4 is 4.74 Å². The van der Waals surface area contributed by atoms with Crippen molar-refractivity contribution < 1.29 is 23.0 Å². The number of phenols is 1. The lowest BCUT2D eigenvalue weighted by Gasteiger charge is -2.13. The van der Waals surface area contributed by atoms with E-state index in [9.17, 15) is 18.3 Å². The third-order valence-corrected chi connectivity index (χ3v) is 2.02. The van der Waals surface area contributed by atoms with E-state index in [-0.39, 0.29) is 11.3 Å². The fraction of sp³-hybridized carbons (Fsp3) is 0.100. The van der Waals surface area contributed by atoms with Gasteiger partial charge in [-0.2, -0.15) is 5.10 Å². The lowest BCUT2D eigenvalue weighted by atomic mass is 10.1. The van der Waals surface area contributed by atoms with Gasteiger partial charge in [-0.1, -0.05) is 6.07 Å². The third kappa shape index (κ3) is 2.49. The first-order valence-electron chi connectivity index (χ1n) is 4.54. The minimum absolute atomic E-state index is 0.0569. The molecule has 1 aromatic heterocycles. The van der Waals surface area contributed by atoms with Gasteiger partial charge in [0.05, 0.1) is 11.8 Å². The average molecular weight is 244 g/mol. The molecule has 0 aliphatic carbocycles. The SMILES string of the molecule is Oc1cccc(OC(F)(F)F)c1-c1cn[nH]c1. The van der Waals surface area contributed by atoms with E-state index in [1.165, 1.54) is 24.5 Å². The van der Waals surface area contributed by atoms with Gasteiger partial charge in [0.25, 0.3) is 0 Å². The van der Waals surface area contributed by atoms with Gasteiger partial charge in [-0.05, 0) is 12.1 Å². The van der Waals surface area contributed by atoms with Crippen LogP contribution in [0.1, 0.15) is 0 Å². The lowest BCUT2D eigenvalue weighted by Crippen LogP contribution is -2.17. The zero-order valence-corrected chi connectivity index (χ0v) is 8.32. The summed E-state index contributed by atoms with van der Waals surface area (Å²) in [5.41, 5.74) is 0.251. The van der Waals surface area contributed by atoms with Crippen LogP contribution in [-0.4, -0.2) is 21.7 Å². The molecule has 0 aliphatic rings. The number of phenolic OH excluding ortho intramolecular Hbond substituents is 1. The Morgan fingerprint density at radius 2 is 2.06 bits per heavy atom. The van der Waals surface area contributed by atoms with Gasteiger partial charge in [0.15, 0.2) is 0 Å². The van der Waals surface area contributed by atoms with Gasteiger partial charge >= 0.3 is 6.36 Å². The lowest BCUT2D eigenvalue weighted by molar-refractivity contribution is -0.274. The summed E-state index contributed by atoms with van der Waals surface area (Å²) in [7, 11) is 0. The van der Waals surface area contributed by atoms with Crippen LogP contribution in [0.3, 0.4) is 0 Å². The highest BCUT2D eigenvalue weighted by Gasteiger charge is 2.32. The fourth-order valence-corrected chi connectivity index (χ4v) is 1.41. The molecule has 2 rings (SSSR count). The molecule has 90 valence electrons. The number of hydrogen-bond acceptors (Lipinski definition) is 3. The monoisotopic (exact) mass is 244 g/mol. The molecule has 0 saturated carbocycles. The van der Waals surface area contributed by atoms with Crippen molar-refractivity contribution in [3.63, 3.8) is 0 Å². The topological polar surface area (TPSA) is 58.1 Å². The highest BCUT2D eigenvalue weighted by atomic mass is 19.4. The molecule has 2 aromatic rings. The number of halogens is 3. The summed E-state index contributed by atoms with van der Waals surface area (Å²) in [6, 6.07) is 3.65. The molecule has 0 aliphatic heterocycles. The average Bonchev–Trinajstić information content (AvgIpc) is 2.68. The van der Waals surface area contributed by atoms with E-state index >= 15 is 0 Å². The Hall–Kier alpha value is -2.18. The Morgan fingerprint density at radius 1 is 1.29 bits per heavy atom. The summed E-state index contributed by atoms with van der Waals surface area (Å²) in [4.78, 5) is 0. The van der Waals surface area contributed by atoms with E-state index in [1.807, 2.05) is 0 Å².